The quantitative estimate of drug-likeness (QED) is 0.414. The number of amides is 2. The molecule has 0 bridgehead atoms. The number of ketones is 1. The zero-order valence-electron chi connectivity index (χ0n) is 22.6. The van der Waals surface area contributed by atoms with Crippen LogP contribution in [0.1, 0.15) is 75.3 Å². The highest BCUT2D eigenvalue weighted by Crippen LogP contribution is 2.25. The Morgan fingerprint density at radius 2 is 1.54 bits per heavy atom. The van der Waals surface area contributed by atoms with E-state index in [1.54, 1.807) is 41.3 Å². The van der Waals surface area contributed by atoms with Gasteiger partial charge < -0.3 is 15.0 Å². The predicted molar refractivity (Wildman–Crippen MR) is 149 cm³/mol. The number of carbonyl (C=O) groups excluding carboxylic acids is 3. The minimum absolute atomic E-state index is 0.0188. The molecule has 2 heterocycles. The van der Waals surface area contributed by atoms with Gasteiger partial charge in [-0.2, -0.15) is 5.26 Å². The molecule has 9 heteroatoms. The van der Waals surface area contributed by atoms with Gasteiger partial charge in [-0.15, -0.1) is 0 Å². The third-order valence-electron chi connectivity index (χ3n) is 7.82. The topological polar surface area (TPSA) is 112 Å². The largest absolute Gasteiger partial charge is 0.490 e. The van der Waals surface area contributed by atoms with E-state index in [2.05, 4.69) is 16.4 Å². The second-order valence-corrected chi connectivity index (χ2v) is 10.6. The van der Waals surface area contributed by atoms with Gasteiger partial charge in [0.05, 0.1) is 23.3 Å². The zero-order chi connectivity index (χ0) is 28.8. The molecule has 1 N–H and O–H groups in total. The number of hydrogen-bond acceptors (Lipinski definition) is 6. The number of nitrogens with zero attached hydrogens (tertiary/aromatic N) is 3. The van der Waals surface area contributed by atoms with Gasteiger partial charge in [0.2, 0.25) is 0 Å². The average Bonchev–Trinajstić information content (AvgIpc) is 3.02. The second kappa shape index (κ2) is 12.7. The van der Waals surface area contributed by atoms with Crippen LogP contribution < -0.4 is 10.1 Å². The molecular formula is C32H31FN4O4. The summed E-state index contributed by atoms with van der Waals surface area (Å²) >= 11 is 0. The maximum Gasteiger partial charge on any atom is 0.270 e. The van der Waals surface area contributed by atoms with Crippen LogP contribution in [0.4, 0.5) is 4.39 Å². The summed E-state index contributed by atoms with van der Waals surface area (Å²) in [5, 5.41) is 12.0. The number of nitriles is 1. The van der Waals surface area contributed by atoms with E-state index in [1.807, 2.05) is 0 Å². The average molecular weight is 555 g/mol. The lowest BCUT2D eigenvalue weighted by molar-refractivity contribution is 0.0649. The van der Waals surface area contributed by atoms with Gasteiger partial charge in [-0.3, -0.25) is 19.4 Å². The van der Waals surface area contributed by atoms with E-state index >= 15 is 0 Å². The summed E-state index contributed by atoms with van der Waals surface area (Å²) in [6.45, 7) is 0.881. The van der Waals surface area contributed by atoms with Crippen LogP contribution in [0.3, 0.4) is 0 Å². The van der Waals surface area contributed by atoms with E-state index in [9.17, 15) is 18.8 Å². The van der Waals surface area contributed by atoms with Gasteiger partial charge in [-0.05, 0) is 99.2 Å². The number of aromatic nitrogens is 1. The Morgan fingerprint density at radius 3 is 2.15 bits per heavy atom. The third-order valence-corrected chi connectivity index (χ3v) is 7.82. The molecule has 2 amide bonds. The number of benzene rings is 2. The van der Waals surface area contributed by atoms with E-state index in [-0.39, 0.29) is 47.2 Å². The van der Waals surface area contributed by atoms with E-state index < -0.39 is 0 Å². The molecule has 5 rings (SSSR count). The monoisotopic (exact) mass is 554 g/mol. The standard InChI is InChI=1S/C32H31FN4O4/c33-25-6-3-22(4-7-25)30(38)23-15-17-37(18-16-23)32(40)24-5-14-29(35-20-24)31(39)36-26-8-12-28(13-9-26)41-27-10-1-21(19-34)2-11-27/h1-7,10-11,14,20,23,26,28H,8-9,12-13,15-18H2,(H,36,39). The summed E-state index contributed by atoms with van der Waals surface area (Å²) in [5.74, 6) is -0.335. The Hall–Kier alpha value is -4.58. The summed E-state index contributed by atoms with van der Waals surface area (Å²) in [7, 11) is 0. The number of piperidine rings is 1. The molecule has 1 saturated heterocycles. The molecule has 1 aliphatic carbocycles. The fraction of sp³-hybridized carbons (Fsp3) is 0.344. The van der Waals surface area contributed by atoms with Crippen molar-refractivity contribution in [3.05, 3.63) is 95.1 Å². The minimum atomic E-state index is -0.381. The van der Waals surface area contributed by atoms with Gasteiger partial charge in [0.25, 0.3) is 11.8 Å². The SMILES string of the molecule is N#Cc1ccc(OC2CCC(NC(=O)c3ccc(C(=O)N4CCC(C(=O)c5ccc(F)cc5)CC4)cn3)CC2)cc1. The molecule has 0 atom stereocenters. The van der Waals surface area contributed by atoms with Crippen molar-refractivity contribution in [2.45, 2.75) is 50.7 Å². The number of carbonyl (C=O) groups is 3. The Morgan fingerprint density at radius 1 is 0.878 bits per heavy atom. The molecule has 1 saturated carbocycles. The van der Waals surface area contributed by atoms with Crippen LogP contribution >= 0.6 is 0 Å². The van der Waals surface area contributed by atoms with E-state index in [4.69, 9.17) is 10.00 Å². The number of hydrogen-bond donors (Lipinski definition) is 1. The van der Waals surface area contributed by atoms with Crippen molar-refractivity contribution in [3.8, 4) is 11.8 Å². The van der Waals surface area contributed by atoms with Crippen LogP contribution in [0.25, 0.3) is 0 Å². The predicted octanol–water partition coefficient (Wildman–Crippen LogP) is 4.95. The van der Waals surface area contributed by atoms with Crippen LogP contribution in [-0.2, 0) is 0 Å². The first-order valence-electron chi connectivity index (χ1n) is 13.9. The molecular weight excluding hydrogens is 523 g/mol. The van der Waals surface area contributed by atoms with Crippen LogP contribution in [0.2, 0.25) is 0 Å². The molecule has 0 unspecified atom stereocenters. The molecule has 1 aliphatic heterocycles. The highest BCUT2D eigenvalue weighted by molar-refractivity contribution is 5.99. The molecule has 1 aromatic heterocycles. The highest BCUT2D eigenvalue weighted by atomic mass is 19.1. The number of Topliss-reactive ketones (excluding diaryl/α,β-unsaturated/α-hetero) is 1. The molecule has 0 spiro atoms. The Bertz CT molecular complexity index is 1420. The molecule has 41 heavy (non-hydrogen) atoms. The molecule has 2 aromatic carbocycles. The summed E-state index contributed by atoms with van der Waals surface area (Å²) in [5.41, 5.74) is 1.72. The number of halogens is 1. The van der Waals surface area contributed by atoms with Crippen molar-refractivity contribution in [1.29, 1.82) is 5.26 Å². The zero-order valence-corrected chi connectivity index (χ0v) is 22.6. The Kier molecular flexibility index (Phi) is 8.68. The first kappa shape index (κ1) is 28.0. The highest BCUT2D eigenvalue weighted by Gasteiger charge is 2.29. The number of likely N-dealkylation sites (tertiary alicyclic amines) is 1. The van der Waals surface area contributed by atoms with Crippen LogP contribution in [-0.4, -0.2) is 52.7 Å². The Balaban J connectivity index is 1.07. The summed E-state index contributed by atoms with van der Waals surface area (Å²) in [4.78, 5) is 44.5. The van der Waals surface area contributed by atoms with Gasteiger partial charge in [0.1, 0.15) is 17.3 Å². The summed E-state index contributed by atoms with van der Waals surface area (Å²) < 4.78 is 19.2. The van der Waals surface area contributed by atoms with E-state index in [0.717, 1.165) is 31.4 Å². The second-order valence-electron chi connectivity index (χ2n) is 10.6. The van der Waals surface area contributed by atoms with Crippen molar-refractivity contribution in [2.75, 3.05) is 13.1 Å². The van der Waals surface area contributed by atoms with Crippen molar-refractivity contribution in [2.24, 2.45) is 5.92 Å². The lowest BCUT2D eigenvalue weighted by atomic mass is 9.88. The number of nitrogens with one attached hydrogen (secondary N) is 1. The first-order chi connectivity index (χ1) is 19.9. The smallest absolute Gasteiger partial charge is 0.270 e. The van der Waals surface area contributed by atoms with Gasteiger partial charge >= 0.3 is 0 Å². The Labute approximate surface area is 238 Å². The lowest BCUT2D eigenvalue weighted by Crippen LogP contribution is -2.40. The maximum atomic E-state index is 13.2. The van der Waals surface area contributed by atoms with Gasteiger partial charge in [0, 0.05) is 36.8 Å². The molecule has 8 nitrogen and oxygen atoms in total. The van der Waals surface area contributed by atoms with Crippen molar-refractivity contribution >= 4 is 17.6 Å². The van der Waals surface area contributed by atoms with Crippen LogP contribution in [0.15, 0.2) is 66.9 Å². The fourth-order valence-electron chi connectivity index (χ4n) is 5.42. The number of pyridine rings is 1. The normalized spacial score (nSPS) is 19.2. The number of ether oxygens (including phenoxy) is 1. The summed E-state index contributed by atoms with van der Waals surface area (Å²) in [6.07, 6.45) is 5.73. The molecule has 3 aromatic rings. The molecule has 2 fully saturated rings. The molecule has 0 radical (unpaired) electrons. The van der Waals surface area contributed by atoms with Crippen molar-refractivity contribution in [1.82, 2.24) is 15.2 Å². The van der Waals surface area contributed by atoms with Crippen LogP contribution in [0, 0.1) is 23.1 Å². The lowest BCUT2D eigenvalue weighted by Gasteiger charge is -2.31. The number of rotatable bonds is 7. The van der Waals surface area contributed by atoms with Crippen molar-refractivity contribution < 1.29 is 23.5 Å². The van der Waals surface area contributed by atoms with Gasteiger partial charge in [-0.1, -0.05) is 0 Å². The minimum Gasteiger partial charge on any atom is -0.490 e. The fourth-order valence-corrected chi connectivity index (χ4v) is 5.42. The van der Waals surface area contributed by atoms with E-state index in [1.165, 1.54) is 30.5 Å². The maximum absolute atomic E-state index is 13.2. The summed E-state index contributed by atoms with van der Waals surface area (Å²) in [6, 6.07) is 17.9. The van der Waals surface area contributed by atoms with Gasteiger partial charge in [-0.25, -0.2) is 4.39 Å². The van der Waals surface area contributed by atoms with Gasteiger partial charge in [0.15, 0.2) is 5.78 Å². The third kappa shape index (κ3) is 6.95. The van der Waals surface area contributed by atoms with E-state index in [0.29, 0.717) is 42.6 Å². The van der Waals surface area contributed by atoms with Crippen molar-refractivity contribution in [3.63, 3.8) is 0 Å². The molecule has 2 aliphatic rings. The molecule has 210 valence electrons. The first-order valence-corrected chi connectivity index (χ1v) is 13.9. The van der Waals surface area contributed by atoms with Crippen LogP contribution in [0.5, 0.6) is 5.75 Å².